The molecular weight excluding hydrogens is 348 g/mol. The lowest BCUT2D eigenvalue weighted by molar-refractivity contribution is -0.384. The standard InChI is InChI=1S/C19H26N4O2S/c1-20-19(22(2)14-12-18-7-5-15-26-18)21-13-4-3-6-16-8-10-17(11-9-16)23(24)25/h5,7-11,15H,3-4,6,12-14H2,1-2H3,(H,20,21). The maximum atomic E-state index is 10.7. The average Bonchev–Trinajstić information content (AvgIpc) is 3.16. The predicted molar refractivity (Wildman–Crippen MR) is 108 cm³/mol. The number of rotatable bonds is 9. The van der Waals surface area contributed by atoms with Gasteiger partial charge in [-0.2, -0.15) is 0 Å². The number of nitro groups is 1. The van der Waals surface area contributed by atoms with E-state index in [-0.39, 0.29) is 10.6 Å². The molecule has 0 fully saturated rings. The Bertz CT molecular complexity index is 699. The molecule has 1 heterocycles. The summed E-state index contributed by atoms with van der Waals surface area (Å²) in [6, 6.07) is 11.0. The van der Waals surface area contributed by atoms with Crippen LogP contribution in [0.2, 0.25) is 0 Å². The van der Waals surface area contributed by atoms with Gasteiger partial charge in [-0.25, -0.2) is 0 Å². The van der Waals surface area contributed by atoms with E-state index in [1.807, 2.05) is 12.1 Å². The zero-order valence-corrected chi connectivity index (χ0v) is 16.2. The molecule has 140 valence electrons. The number of non-ortho nitro benzene ring substituents is 1. The molecule has 0 radical (unpaired) electrons. The van der Waals surface area contributed by atoms with E-state index in [4.69, 9.17) is 0 Å². The minimum atomic E-state index is -0.367. The summed E-state index contributed by atoms with van der Waals surface area (Å²) in [6.07, 6.45) is 4.00. The Morgan fingerprint density at radius 1 is 1.23 bits per heavy atom. The third-order valence-electron chi connectivity index (χ3n) is 4.17. The number of guanidine groups is 1. The summed E-state index contributed by atoms with van der Waals surface area (Å²) in [6.45, 7) is 1.80. The molecule has 0 amide bonds. The largest absolute Gasteiger partial charge is 0.356 e. The minimum absolute atomic E-state index is 0.143. The summed E-state index contributed by atoms with van der Waals surface area (Å²) < 4.78 is 0. The topological polar surface area (TPSA) is 70.8 Å². The van der Waals surface area contributed by atoms with Crippen LogP contribution < -0.4 is 5.32 Å². The number of nitrogens with zero attached hydrogens (tertiary/aromatic N) is 3. The Hall–Kier alpha value is -2.41. The molecule has 0 saturated carbocycles. The Balaban J connectivity index is 1.64. The van der Waals surface area contributed by atoms with E-state index in [1.54, 1.807) is 30.5 Å². The molecule has 2 aromatic rings. The van der Waals surface area contributed by atoms with Gasteiger partial charge >= 0.3 is 0 Å². The van der Waals surface area contributed by atoms with Gasteiger partial charge in [0, 0.05) is 44.2 Å². The first-order chi connectivity index (χ1) is 12.6. The van der Waals surface area contributed by atoms with Crippen molar-refractivity contribution in [3.8, 4) is 0 Å². The number of likely N-dealkylation sites (N-methyl/N-ethyl adjacent to an activating group) is 1. The predicted octanol–water partition coefficient (Wildman–Crippen LogP) is 3.73. The van der Waals surface area contributed by atoms with Crippen LogP contribution in [0.15, 0.2) is 46.8 Å². The highest BCUT2D eigenvalue weighted by Gasteiger charge is 2.06. The number of nitrogens with one attached hydrogen (secondary N) is 1. The smallest absolute Gasteiger partial charge is 0.269 e. The first-order valence-corrected chi connectivity index (χ1v) is 9.65. The van der Waals surface area contributed by atoms with Crippen molar-refractivity contribution in [2.75, 3.05) is 27.2 Å². The van der Waals surface area contributed by atoms with Crippen molar-refractivity contribution in [2.24, 2.45) is 4.99 Å². The number of hydrogen-bond acceptors (Lipinski definition) is 4. The molecule has 0 spiro atoms. The van der Waals surface area contributed by atoms with Crippen molar-refractivity contribution in [1.29, 1.82) is 0 Å². The van der Waals surface area contributed by atoms with Gasteiger partial charge in [0.25, 0.3) is 5.69 Å². The van der Waals surface area contributed by atoms with Gasteiger partial charge in [-0.15, -0.1) is 11.3 Å². The van der Waals surface area contributed by atoms with Gasteiger partial charge < -0.3 is 10.2 Å². The van der Waals surface area contributed by atoms with Gasteiger partial charge in [-0.05, 0) is 42.7 Å². The van der Waals surface area contributed by atoms with E-state index < -0.39 is 0 Å². The Morgan fingerprint density at radius 2 is 2.00 bits per heavy atom. The lowest BCUT2D eigenvalue weighted by Gasteiger charge is -2.21. The number of hydrogen-bond donors (Lipinski definition) is 1. The summed E-state index contributed by atoms with van der Waals surface area (Å²) in [5, 5.41) is 16.2. The molecule has 0 unspecified atom stereocenters. The van der Waals surface area contributed by atoms with Crippen LogP contribution >= 0.6 is 11.3 Å². The molecule has 6 nitrogen and oxygen atoms in total. The molecule has 0 saturated heterocycles. The maximum Gasteiger partial charge on any atom is 0.269 e. The van der Waals surface area contributed by atoms with E-state index in [1.165, 1.54) is 4.88 Å². The van der Waals surface area contributed by atoms with Gasteiger partial charge in [0.05, 0.1) is 4.92 Å². The highest BCUT2D eigenvalue weighted by atomic mass is 32.1. The minimum Gasteiger partial charge on any atom is -0.356 e. The van der Waals surface area contributed by atoms with E-state index in [0.717, 1.165) is 50.3 Å². The van der Waals surface area contributed by atoms with Gasteiger partial charge in [0.1, 0.15) is 0 Å². The Kier molecular flexibility index (Phi) is 8.08. The summed E-state index contributed by atoms with van der Waals surface area (Å²) >= 11 is 1.78. The molecule has 0 aliphatic carbocycles. The quantitative estimate of drug-likeness (QED) is 0.239. The van der Waals surface area contributed by atoms with Crippen molar-refractivity contribution in [2.45, 2.75) is 25.7 Å². The number of thiophene rings is 1. The SMILES string of the molecule is CN=C(NCCCCc1ccc([N+](=O)[O-])cc1)N(C)CCc1cccs1. The second-order valence-corrected chi connectivity index (χ2v) is 7.14. The highest BCUT2D eigenvalue weighted by Crippen LogP contribution is 2.13. The fourth-order valence-electron chi connectivity index (χ4n) is 2.66. The highest BCUT2D eigenvalue weighted by molar-refractivity contribution is 7.09. The lowest BCUT2D eigenvalue weighted by atomic mass is 10.1. The molecule has 2 rings (SSSR count). The monoisotopic (exact) mass is 374 g/mol. The van der Waals surface area contributed by atoms with Crippen LogP contribution in [-0.4, -0.2) is 43.0 Å². The molecule has 0 aliphatic heterocycles. The summed E-state index contributed by atoms with van der Waals surface area (Å²) in [4.78, 5) is 18.2. The van der Waals surface area contributed by atoms with Crippen LogP contribution in [0.3, 0.4) is 0 Å². The Labute approximate surface area is 158 Å². The molecule has 1 aromatic heterocycles. The van der Waals surface area contributed by atoms with Gasteiger partial charge in [-0.1, -0.05) is 18.2 Å². The van der Waals surface area contributed by atoms with Crippen LogP contribution in [0, 0.1) is 10.1 Å². The van der Waals surface area contributed by atoms with Gasteiger partial charge in [0.15, 0.2) is 5.96 Å². The third-order valence-corrected chi connectivity index (χ3v) is 5.11. The van der Waals surface area contributed by atoms with Crippen LogP contribution in [0.4, 0.5) is 5.69 Å². The van der Waals surface area contributed by atoms with Crippen molar-refractivity contribution >= 4 is 23.0 Å². The number of aryl methyl sites for hydroxylation is 1. The summed E-state index contributed by atoms with van der Waals surface area (Å²) in [5.41, 5.74) is 1.28. The molecule has 0 bridgehead atoms. The van der Waals surface area contributed by atoms with E-state index >= 15 is 0 Å². The van der Waals surface area contributed by atoms with Gasteiger partial charge in [-0.3, -0.25) is 15.1 Å². The third kappa shape index (κ3) is 6.48. The zero-order valence-electron chi connectivity index (χ0n) is 15.4. The van der Waals surface area contributed by atoms with Gasteiger partial charge in [0.2, 0.25) is 0 Å². The van der Waals surface area contributed by atoms with Crippen molar-refractivity contribution in [3.63, 3.8) is 0 Å². The molecule has 0 aliphatic rings. The molecule has 0 atom stereocenters. The molecular formula is C19H26N4O2S. The maximum absolute atomic E-state index is 10.7. The average molecular weight is 375 g/mol. The first kappa shape index (κ1) is 19.9. The van der Waals surface area contributed by atoms with E-state index in [9.17, 15) is 10.1 Å². The number of benzene rings is 1. The summed E-state index contributed by atoms with van der Waals surface area (Å²) in [5.74, 6) is 0.914. The second-order valence-electron chi connectivity index (χ2n) is 6.11. The normalized spacial score (nSPS) is 11.4. The van der Waals surface area contributed by atoms with Crippen molar-refractivity contribution < 1.29 is 4.92 Å². The van der Waals surface area contributed by atoms with E-state index in [2.05, 4.69) is 39.8 Å². The van der Waals surface area contributed by atoms with Crippen LogP contribution in [0.1, 0.15) is 23.3 Å². The summed E-state index contributed by atoms with van der Waals surface area (Å²) in [7, 11) is 3.86. The molecule has 1 N–H and O–H groups in total. The fourth-order valence-corrected chi connectivity index (χ4v) is 3.36. The second kappa shape index (κ2) is 10.6. The number of nitro benzene ring substituents is 1. The van der Waals surface area contributed by atoms with Crippen molar-refractivity contribution in [3.05, 3.63) is 62.3 Å². The fraction of sp³-hybridized carbons (Fsp3) is 0.421. The van der Waals surface area contributed by atoms with Crippen LogP contribution in [0.25, 0.3) is 0 Å². The zero-order chi connectivity index (χ0) is 18.8. The first-order valence-electron chi connectivity index (χ1n) is 8.77. The molecule has 26 heavy (non-hydrogen) atoms. The number of aliphatic imine (C=N–C) groups is 1. The number of unbranched alkanes of at least 4 members (excludes halogenated alkanes) is 1. The van der Waals surface area contributed by atoms with Crippen molar-refractivity contribution in [1.82, 2.24) is 10.2 Å². The molecule has 7 heteroatoms. The molecule has 1 aromatic carbocycles. The van der Waals surface area contributed by atoms with Crippen LogP contribution in [-0.2, 0) is 12.8 Å². The van der Waals surface area contributed by atoms with E-state index in [0.29, 0.717) is 0 Å². The lowest BCUT2D eigenvalue weighted by Crippen LogP contribution is -2.40. The Morgan fingerprint density at radius 3 is 2.62 bits per heavy atom. The van der Waals surface area contributed by atoms with Crippen LogP contribution in [0.5, 0.6) is 0 Å².